The van der Waals surface area contributed by atoms with Crippen molar-refractivity contribution in [2.75, 3.05) is 0 Å². The lowest BCUT2D eigenvalue weighted by molar-refractivity contribution is 0.1000. The molecule has 1 saturated carbocycles. The van der Waals surface area contributed by atoms with Crippen LogP contribution in [0.5, 0.6) is 11.6 Å². The minimum absolute atomic E-state index is 0. The minimum atomic E-state index is -0.501. The van der Waals surface area contributed by atoms with Gasteiger partial charge in [-0.2, -0.15) is 0 Å². The molecule has 1 amide bonds. The zero-order valence-corrected chi connectivity index (χ0v) is 21.2. The van der Waals surface area contributed by atoms with Crippen LogP contribution in [0.4, 0.5) is 0 Å². The Morgan fingerprint density at radius 3 is 2.38 bits per heavy atom. The number of carbonyl (C=O) groups excluding carboxylic acids is 1. The SMILES string of the molecule is CCC(C)(C)[C@H]1CC[C@H](NCc2ccc(Oc3ccc(C(N)=O)cn3)c3ccccc23)CC1.Cl. The number of nitrogens with two attached hydrogens (primary N) is 1. The van der Waals surface area contributed by atoms with Crippen molar-refractivity contribution in [3.63, 3.8) is 0 Å². The summed E-state index contributed by atoms with van der Waals surface area (Å²) in [7, 11) is 0. The number of ether oxygens (including phenoxy) is 1. The average Bonchev–Trinajstić information content (AvgIpc) is 2.84. The van der Waals surface area contributed by atoms with E-state index in [1.807, 2.05) is 12.1 Å². The van der Waals surface area contributed by atoms with Gasteiger partial charge in [0.05, 0.1) is 5.56 Å². The van der Waals surface area contributed by atoms with E-state index in [1.165, 1.54) is 49.3 Å². The van der Waals surface area contributed by atoms with Gasteiger partial charge in [0.1, 0.15) is 5.75 Å². The second-order valence-corrected chi connectivity index (χ2v) is 9.89. The molecule has 1 aromatic heterocycles. The Hall–Kier alpha value is -2.63. The van der Waals surface area contributed by atoms with Crippen LogP contribution in [0, 0.1) is 11.3 Å². The first-order chi connectivity index (χ1) is 15.9. The van der Waals surface area contributed by atoms with Gasteiger partial charge < -0.3 is 15.8 Å². The summed E-state index contributed by atoms with van der Waals surface area (Å²) in [6, 6.07) is 16.3. The number of amides is 1. The van der Waals surface area contributed by atoms with E-state index in [4.69, 9.17) is 10.5 Å². The van der Waals surface area contributed by atoms with Crippen molar-refractivity contribution in [1.29, 1.82) is 0 Å². The smallest absolute Gasteiger partial charge is 0.250 e. The van der Waals surface area contributed by atoms with Gasteiger partial charge in [0.2, 0.25) is 11.8 Å². The molecule has 0 bridgehead atoms. The fraction of sp³-hybridized carbons (Fsp3) is 0.429. The summed E-state index contributed by atoms with van der Waals surface area (Å²) in [5.41, 5.74) is 7.38. The number of fused-ring (bicyclic) bond motifs is 1. The summed E-state index contributed by atoms with van der Waals surface area (Å²) in [4.78, 5) is 15.5. The molecule has 0 unspecified atom stereocenters. The number of pyridine rings is 1. The molecule has 0 saturated heterocycles. The second-order valence-electron chi connectivity index (χ2n) is 9.89. The Morgan fingerprint density at radius 2 is 1.76 bits per heavy atom. The van der Waals surface area contributed by atoms with E-state index in [0.717, 1.165) is 23.6 Å². The van der Waals surface area contributed by atoms with Crippen LogP contribution in [0.2, 0.25) is 0 Å². The maximum Gasteiger partial charge on any atom is 0.250 e. The third kappa shape index (κ3) is 5.89. The topological polar surface area (TPSA) is 77.2 Å². The van der Waals surface area contributed by atoms with Gasteiger partial charge in [0.15, 0.2) is 0 Å². The summed E-state index contributed by atoms with van der Waals surface area (Å²) >= 11 is 0. The van der Waals surface area contributed by atoms with Gasteiger partial charge >= 0.3 is 0 Å². The molecule has 4 rings (SSSR count). The highest BCUT2D eigenvalue weighted by molar-refractivity contribution is 5.92. The quantitative estimate of drug-likeness (QED) is 0.378. The summed E-state index contributed by atoms with van der Waals surface area (Å²) < 4.78 is 6.05. The number of aromatic nitrogens is 1. The van der Waals surface area contributed by atoms with Crippen LogP contribution in [-0.2, 0) is 6.54 Å². The number of halogens is 1. The Morgan fingerprint density at radius 1 is 1.06 bits per heavy atom. The minimum Gasteiger partial charge on any atom is -0.438 e. The Bertz CT molecular complexity index is 1110. The highest BCUT2D eigenvalue weighted by Gasteiger charge is 2.31. The Balaban J connectivity index is 0.00000324. The summed E-state index contributed by atoms with van der Waals surface area (Å²) in [5.74, 6) is 1.51. The first-order valence-corrected chi connectivity index (χ1v) is 12.0. The van der Waals surface area contributed by atoms with Gasteiger partial charge in [-0.15, -0.1) is 12.4 Å². The normalized spacial score (nSPS) is 18.3. The first-order valence-electron chi connectivity index (χ1n) is 12.0. The molecule has 1 fully saturated rings. The van der Waals surface area contributed by atoms with Gasteiger partial charge in [-0.25, -0.2) is 4.98 Å². The van der Waals surface area contributed by atoms with Crippen LogP contribution in [0.15, 0.2) is 54.7 Å². The van der Waals surface area contributed by atoms with Crippen molar-refractivity contribution in [3.8, 4) is 11.6 Å². The summed E-state index contributed by atoms with van der Waals surface area (Å²) in [6.07, 6.45) is 7.82. The third-order valence-corrected chi connectivity index (χ3v) is 7.53. The molecule has 1 aliphatic carbocycles. The number of nitrogens with one attached hydrogen (secondary N) is 1. The average molecular weight is 482 g/mol. The maximum atomic E-state index is 11.3. The fourth-order valence-electron chi connectivity index (χ4n) is 4.90. The van der Waals surface area contributed by atoms with Crippen LogP contribution in [0.25, 0.3) is 10.8 Å². The van der Waals surface area contributed by atoms with Crippen molar-refractivity contribution in [2.24, 2.45) is 17.1 Å². The number of nitrogens with zero attached hydrogens (tertiary/aromatic N) is 1. The highest BCUT2D eigenvalue weighted by Crippen LogP contribution is 2.40. The number of carbonyl (C=O) groups is 1. The number of primary amides is 1. The van der Waals surface area contributed by atoms with Crippen LogP contribution < -0.4 is 15.8 Å². The summed E-state index contributed by atoms with van der Waals surface area (Å²) in [5, 5.41) is 6.03. The lowest BCUT2D eigenvalue weighted by Gasteiger charge is -2.39. The van der Waals surface area contributed by atoms with Gasteiger partial charge in [-0.1, -0.05) is 57.5 Å². The van der Waals surface area contributed by atoms with Crippen molar-refractivity contribution in [3.05, 3.63) is 65.9 Å². The molecule has 34 heavy (non-hydrogen) atoms. The van der Waals surface area contributed by atoms with Gasteiger partial charge in [0.25, 0.3) is 0 Å². The molecule has 5 nitrogen and oxygen atoms in total. The van der Waals surface area contributed by atoms with Gasteiger partial charge in [0, 0.05) is 30.2 Å². The van der Waals surface area contributed by atoms with Crippen LogP contribution in [-0.4, -0.2) is 16.9 Å². The Kier molecular flexibility index (Phi) is 8.56. The molecule has 0 atom stereocenters. The number of benzene rings is 2. The van der Waals surface area contributed by atoms with Crippen molar-refractivity contribution in [2.45, 2.75) is 65.5 Å². The van der Waals surface area contributed by atoms with E-state index in [9.17, 15) is 4.79 Å². The molecular formula is C28H36ClN3O2. The van der Waals surface area contributed by atoms with Crippen LogP contribution in [0.1, 0.15) is 68.8 Å². The van der Waals surface area contributed by atoms with Crippen LogP contribution >= 0.6 is 12.4 Å². The number of hydrogen-bond acceptors (Lipinski definition) is 4. The summed E-state index contributed by atoms with van der Waals surface area (Å²) in [6.45, 7) is 8.00. The highest BCUT2D eigenvalue weighted by atomic mass is 35.5. The van der Waals surface area contributed by atoms with E-state index < -0.39 is 5.91 Å². The first kappa shape index (κ1) is 26.0. The van der Waals surface area contributed by atoms with E-state index >= 15 is 0 Å². The molecule has 0 aliphatic heterocycles. The monoisotopic (exact) mass is 481 g/mol. The molecule has 2 aromatic carbocycles. The zero-order chi connectivity index (χ0) is 23.4. The van der Waals surface area contributed by atoms with E-state index in [-0.39, 0.29) is 12.4 Å². The van der Waals surface area contributed by atoms with Gasteiger partial charge in [-0.05, 0) is 60.1 Å². The van der Waals surface area contributed by atoms with Crippen molar-refractivity contribution >= 4 is 29.1 Å². The largest absolute Gasteiger partial charge is 0.438 e. The lowest BCUT2D eigenvalue weighted by Crippen LogP contribution is -2.36. The molecule has 3 N–H and O–H groups in total. The predicted octanol–water partition coefficient (Wildman–Crippen LogP) is 6.63. The van der Waals surface area contributed by atoms with Crippen molar-refractivity contribution < 1.29 is 9.53 Å². The predicted molar refractivity (Wildman–Crippen MR) is 141 cm³/mol. The second kappa shape index (κ2) is 11.2. The maximum absolute atomic E-state index is 11.3. The fourth-order valence-corrected chi connectivity index (χ4v) is 4.90. The number of rotatable bonds is 8. The van der Waals surface area contributed by atoms with Gasteiger partial charge in [-0.3, -0.25) is 4.79 Å². The van der Waals surface area contributed by atoms with E-state index in [2.05, 4.69) is 55.3 Å². The molecule has 0 spiro atoms. The lowest BCUT2D eigenvalue weighted by atomic mass is 9.69. The third-order valence-electron chi connectivity index (χ3n) is 7.53. The molecule has 3 aromatic rings. The molecule has 1 heterocycles. The van der Waals surface area contributed by atoms with E-state index in [0.29, 0.717) is 22.9 Å². The molecule has 182 valence electrons. The zero-order valence-electron chi connectivity index (χ0n) is 20.3. The standard InChI is InChI=1S/C28H35N3O2.ClH/c1-4-28(2,3)21-11-13-22(14-12-21)30-17-19-9-15-25(24-8-6-5-7-23(19)24)33-26-16-10-20(18-31-26)27(29)32;/h5-10,15-16,18,21-22,30H,4,11-14,17H2,1-3H3,(H2,29,32);1H/t21-,22-;. The molecule has 1 aliphatic rings. The molecule has 6 heteroatoms. The molecular weight excluding hydrogens is 446 g/mol. The van der Waals surface area contributed by atoms with Crippen molar-refractivity contribution in [1.82, 2.24) is 10.3 Å². The molecule has 0 radical (unpaired) electrons. The van der Waals surface area contributed by atoms with E-state index in [1.54, 1.807) is 12.1 Å². The number of hydrogen-bond donors (Lipinski definition) is 2. The van der Waals surface area contributed by atoms with Crippen LogP contribution in [0.3, 0.4) is 0 Å². The Labute approximate surface area is 208 Å².